The number of ether oxygens (including phenoxy) is 1. The maximum absolute atomic E-state index is 12.8. The van der Waals surface area contributed by atoms with E-state index in [1.54, 1.807) is 0 Å². The molecule has 6 rings (SSSR count). The van der Waals surface area contributed by atoms with Gasteiger partial charge in [0.2, 0.25) is 5.60 Å². The van der Waals surface area contributed by atoms with Gasteiger partial charge >= 0.3 is 0 Å². The third-order valence-electron chi connectivity index (χ3n) is 7.28. The second kappa shape index (κ2) is 6.09. The fourth-order valence-electron chi connectivity index (χ4n) is 5.65. The minimum Gasteiger partial charge on any atom is -0.447 e. The van der Waals surface area contributed by atoms with Gasteiger partial charge in [0.1, 0.15) is 0 Å². The minimum absolute atomic E-state index is 0.204. The summed E-state index contributed by atoms with van der Waals surface area (Å²) in [5.74, 6) is 0.130. The van der Waals surface area contributed by atoms with Crippen LogP contribution >= 0.6 is 10.6 Å². The number of nitrogens with zero attached hydrogens (tertiary/aromatic N) is 2. The van der Waals surface area contributed by atoms with Gasteiger partial charge in [-0.3, -0.25) is 13.9 Å². The molecular formula is C23H24N2O4S. The number of amides is 1. The van der Waals surface area contributed by atoms with Crippen molar-refractivity contribution in [1.82, 2.24) is 4.90 Å². The molecule has 7 heteroatoms. The minimum atomic E-state index is -2.76. The fourth-order valence-corrected chi connectivity index (χ4v) is 8.00. The predicted molar refractivity (Wildman–Crippen MR) is 116 cm³/mol. The van der Waals surface area contributed by atoms with Crippen molar-refractivity contribution in [3.63, 3.8) is 0 Å². The summed E-state index contributed by atoms with van der Waals surface area (Å²) in [6, 6.07) is 16.4. The SMILES string of the molecule is O=C1N=C(N2CCC3(CC2)c2ccccc2CS3(O)O)OC12Cc1ccccc1C2. The molecule has 0 atom stereocenters. The molecule has 0 bridgehead atoms. The Hall–Kier alpha value is -2.35. The zero-order valence-electron chi connectivity index (χ0n) is 16.6. The van der Waals surface area contributed by atoms with Crippen LogP contribution in [-0.2, 0) is 32.9 Å². The van der Waals surface area contributed by atoms with Crippen LogP contribution in [0.5, 0.6) is 0 Å². The highest BCUT2D eigenvalue weighted by Crippen LogP contribution is 2.69. The van der Waals surface area contributed by atoms with Crippen molar-refractivity contribution in [3.05, 3.63) is 70.8 Å². The molecule has 0 aromatic heterocycles. The monoisotopic (exact) mass is 424 g/mol. The van der Waals surface area contributed by atoms with Gasteiger partial charge in [-0.05, 0) is 35.1 Å². The van der Waals surface area contributed by atoms with Gasteiger partial charge in [0.25, 0.3) is 11.9 Å². The smallest absolute Gasteiger partial charge is 0.296 e. The van der Waals surface area contributed by atoms with Gasteiger partial charge < -0.3 is 9.64 Å². The average molecular weight is 425 g/mol. The van der Waals surface area contributed by atoms with Gasteiger partial charge in [-0.25, -0.2) is 0 Å². The van der Waals surface area contributed by atoms with Gasteiger partial charge in [0, 0.05) is 25.9 Å². The summed E-state index contributed by atoms with van der Waals surface area (Å²) >= 11 is 0. The zero-order chi connectivity index (χ0) is 20.6. The number of hydrogen-bond acceptors (Lipinski definition) is 5. The molecule has 3 aliphatic heterocycles. The highest BCUT2D eigenvalue weighted by molar-refractivity contribution is 8.24. The molecule has 0 unspecified atom stereocenters. The lowest BCUT2D eigenvalue weighted by molar-refractivity contribution is -0.130. The summed E-state index contributed by atoms with van der Waals surface area (Å²) in [6.07, 6.45) is 2.33. The summed E-state index contributed by atoms with van der Waals surface area (Å²) in [5, 5.41) is 0. The maximum atomic E-state index is 12.8. The van der Waals surface area contributed by atoms with E-state index in [0.29, 0.717) is 50.5 Å². The van der Waals surface area contributed by atoms with E-state index in [4.69, 9.17) is 4.74 Å². The van der Waals surface area contributed by atoms with Crippen LogP contribution in [0.2, 0.25) is 0 Å². The molecule has 1 amide bonds. The Balaban J connectivity index is 1.22. The van der Waals surface area contributed by atoms with Crippen LogP contribution in [0.25, 0.3) is 0 Å². The number of carbonyl (C=O) groups is 1. The van der Waals surface area contributed by atoms with E-state index < -0.39 is 20.9 Å². The van der Waals surface area contributed by atoms with Gasteiger partial charge in [0.05, 0.1) is 10.5 Å². The van der Waals surface area contributed by atoms with E-state index in [0.717, 1.165) is 22.3 Å². The molecule has 6 nitrogen and oxygen atoms in total. The van der Waals surface area contributed by atoms with Crippen molar-refractivity contribution in [3.8, 4) is 0 Å². The molecule has 1 aliphatic carbocycles. The number of carbonyl (C=O) groups excluding carboxylic acids is 1. The molecule has 2 spiro atoms. The molecule has 4 aliphatic rings. The van der Waals surface area contributed by atoms with Gasteiger partial charge in [-0.15, -0.1) is 0 Å². The number of amidine groups is 1. The standard InChI is InChI=1S/C23H24N2O4S/c26-20-22(13-16-5-1-2-6-17(16)14-22)29-21(24-20)25-11-9-23(10-12-25)19-8-4-3-7-18(19)15-30(23,27)28/h1-8,27-28H,9-15H2. The molecular weight excluding hydrogens is 400 g/mol. The number of benzene rings is 2. The summed E-state index contributed by atoms with van der Waals surface area (Å²) in [4.78, 5) is 19.1. The van der Waals surface area contributed by atoms with Crippen LogP contribution in [0.1, 0.15) is 35.1 Å². The Morgan fingerprint density at radius 3 is 2.20 bits per heavy atom. The second-order valence-corrected chi connectivity index (χ2v) is 11.3. The lowest BCUT2D eigenvalue weighted by Crippen LogP contribution is -2.47. The van der Waals surface area contributed by atoms with Crippen LogP contribution in [-0.4, -0.2) is 44.6 Å². The maximum Gasteiger partial charge on any atom is 0.296 e. The summed E-state index contributed by atoms with van der Waals surface area (Å²) in [7, 11) is -2.76. The van der Waals surface area contributed by atoms with E-state index in [2.05, 4.69) is 4.99 Å². The van der Waals surface area contributed by atoms with Crippen LogP contribution in [0.4, 0.5) is 0 Å². The van der Waals surface area contributed by atoms with E-state index in [1.807, 2.05) is 53.4 Å². The van der Waals surface area contributed by atoms with Crippen LogP contribution in [0, 0.1) is 0 Å². The first-order valence-electron chi connectivity index (χ1n) is 10.4. The number of likely N-dealkylation sites (tertiary alicyclic amines) is 1. The first-order chi connectivity index (χ1) is 14.4. The molecule has 2 N–H and O–H groups in total. The quantitative estimate of drug-likeness (QED) is 0.674. The number of aliphatic imine (C=N–C) groups is 1. The zero-order valence-corrected chi connectivity index (χ0v) is 17.4. The van der Waals surface area contributed by atoms with Crippen molar-refractivity contribution < 1.29 is 18.6 Å². The second-order valence-electron chi connectivity index (χ2n) is 8.87. The number of fused-ring (bicyclic) bond motifs is 3. The molecule has 0 radical (unpaired) electrons. The van der Waals surface area contributed by atoms with Crippen molar-refractivity contribution in [1.29, 1.82) is 0 Å². The molecule has 2 aromatic carbocycles. The molecule has 156 valence electrons. The molecule has 3 heterocycles. The third-order valence-corrected chi connectivity index (χ3v) is 9.87. The molecule has 1 saturated heterocycles. The van der Waals surface area contributed by atoms with Crippen molar-refractivity contribution >= 4 is 22.5 Å². The van der Waals surface area contributed by atoms with Gasteiger partial charge in [0.15, 0.2) is 0 Å². The van der Waals surface area contributed by atoms with Gasteiger partial charge in [-0.1, -0.05) is 48.5 Å². The van der Waals surface area contributed by atoms with E-state index in [1.165, 1.54) is 0 Å². The van der Waals surface area contributed by atoms with Crippen molar-refractivity contribution in [2.75, 3.05) is 13.1 Å². The first-order valence-corrected chi connectivity index (χ1v) is 12.1. The van der Waals surface area contributed by atoms with Crippen LogP contribution < -0.4 is 0 Å². The average Bonchev–Trinajstić information content (AvgIpc) is 3.33. The highest BCUT2D eigenvalue weighted by atomic mass is 32.3. The normalized spacial score (nSPS) is 25.7. The third kappa shape index (κ3) is 2.40. The largest absolute Gasteiger partial charge is 0.447 e. The van der Waals surface area contributed by atoms with Crippen molar-refractivity contribution in [2.24, 2.45) is 4.99 Å². The first kappa shape index (κ1) is 18.4. The van der Waals surface area contributed by atoms with Crippen molar-refractivity contribution in [2.45, 2.75) is 41.8 Å². The lowest BCUT2D eigenvalue weighted by Gasteiger charge is -2.50. The molecule has 30 heavy (non-hydrogen) atoms. The predicted octanol–water partition coefficient (Wildman–Crippen LogP) is 3.69. The Morgan fingerprint density at radius 2 is 1.53 bits per heavy atom. The van der Waals surface area contributed by atoms with Crippen LogP contribution in [0.15, 0.2) is 53.5 Å². The number of hydrogen-bond donors (Lipinski definition) is 2. The van der Waals surface area contributed by atoms with Crippen LogP contribution in [0.3, 0.4) is 0 Å². The molecule has 0 saturated carbocycles. The van der Waals surface area contributed by atoms with E-state index in [-0.39, 0.29) is 5.91 Å². The lowest BCUT2D eigenvalue weighted by atomic mass is 9.86. The molecule has 1 fully saturated rings. The molecule has 2 aromatic rings. The van der Waals surface area contributed by atoms with E-state index in [9.17, 15) is 13.9 Å². The number of rotatable bonds is 0. The summed E-state index contributed by atoms with van der Waals surface area (Å²) < 4.78 is 27.5. The van der Waals surface area contributed by atoms with E-state index >= 15 is 0 Å². The Morgan fingerprint density at radius 1 is 0.933 bits per heavy atom. The highest BCUT2D eigenvalue weighted by Gasteiger charge is 2.55. The Bertz CT molecular complexity index is 1060. The fraction of sp³-hybridized carbons (Fsp3) is 0.391. The van der Waals surface area contributed by atoms with Gasteiger partial charge in [-0.2, -0.15) is 15.6 Å². The Labute approximate surface area is 176 Å². The topological polar surface area (TPSA) is 82.4 Å². The Kier molecular flexibility index (Phi) is 3.74. The summed E-state index contributed by atoms with van der Waals surface area (Å²) in [5.41, 5.74) is 3.50. The summed E-state index contributed by atoms with van der Waals surface area (Å²) in [6.45, 7) is 1.17. The number of piperidine rings is 1.